The maximum absolute atomic E-state index is 14.3. The first-order chi connectivity index (χ1) is 10.3. The molecule has 3 nitrogen and oxygen atoms in total. The fourth-order valence-electron chi connectivity index (χ4n) is 3.61. The zero-order valence-electron chi connectivity index (χ0n) is 12.8. The molecule has 1 heterocycles. The number of hydrogen-bond acceptors (Lipinski definition) is 3. The Bertz CT molecular complexity index is 480. The van der Waals surface area contributed by atoms with E-state index in [-0.39, 0.29) is 5.82 Å². The molecule has 1 N–H and O–H groups in total. The van der Waals surface area contributed by atoms with E-state index in [1.807, 2.05) is 6.07 Å². The van der Waals surface area contributed by atoms with E-state index in [0.717, 1.165) is 50.2 Å². The van der Waals surface area contributed by atoms with Crippen LogP contribution >= 0.6 is 0 Å². The van der Waals surface area contributed by atoms with Crippen molar-refractivity contribution < 1.29 is 9.13 Å². The molecule has 2 fully saturated rings. The lowest BCUT2D eigenvalue weighted by molar-refractivity contribution is 0.0255. The van der Waals surface area contributed by atoms with E-state index in [1.165, 1.54) is 6.42 Å². The largest absolute Gasteiger partial charge is 0.374 e. The minimum absolute atomic E-state index is 0.0999. The smallest absolute Gasteiger partial charge is 0.129 e. The monoisotopic (exact) mass is 292 g/mol. The van der Waals surface area contributed by atoms with Gasteiger partial charge in [-0.1, -0.05) is 13.0 Å². The quantitative estimate of drug-likeness (QED) is 0.844. The van der Waals surface area contributed by atoms with Gasteiger partial charge in [0.05, 0.1) is 18.8 Å². The van der Waals surface area contributed by atoms with Gasteiger partial charge in [-0.3, -0.25) is 0 Å². The van der Waals surface area contributed by atoms with E-state index in [2.05, 4.69) is 23.2 Å². The van der Waals surface area contributed by atoms with E-state index in [0.29, 0.717) is 18.7 Å². The van der Waals surface area contributed by atoms with Gasteiger partial charge in [0.2, 0.25) is 0 Å². The Morgan fingerprint density at radius 1 is 1.38 bits per heavy atom. The minimum Gasteiger partial charge on any atom is -0.374 e. The van der Waals surface area contributed by atoms with Crippen LogP contribution in [0.15, 0.2) is 18.2 Å². The topological polar surface area (TPSA) is 24.5 Å². The first-order valence-electron chi connectivity index (χ1n) is 8.17. The molecular formula is C17H25FN2O. The molecule has 0 amide bonds. The highest BCUT2D eigenvalue weighted by Gasteiger charge is 2.37. The van der Waals surface area contributed by atoms with Gasteiger partial charge in [0.25, 0.3) is 0 Å². The van der Waals surface area contributed by atoms with Gasteiger partial charge < -0.3 is 15.0 Å². The van der Waals surface area contributed by atoms with Crippen LogP contribution in [0.4, 0.5) is 10.1 Å². The lowest BCUT2D eigenvalue weighted by atomic mass is 10.1. The molecule has 1 aliphatic heterocycles. The van der Waals surface area contributed by atoms with Gasteiger partial charge in [0.15, 0.2) is 0 Å². The molecule has 2 atom stereocenters. The van der Waals surface area contributed by atoms with Crippen molar-refractivity contribution in [3.8, 4) is 0 Å². The van der Waals surface area contributed by atoms with Gasteiger partial charge in [0.1, 0.15) is 5.82 Å². The van der Waals surface area contributed by atoms with Crippen molar-refractivity contribution in [1.29, 1.82) is 0 Å². The summed E-state index contributed by atoms with van der Waals surface area (Å²) < 4.78 is 20.1. The predicted octanol–water partition coefficient (Wildman–Crippen LogP) is 3.08. The van der Waals surface area contributed by atoms with E-state index in [9.17, 15) is 4.39 Å². The number of fused-ring (bicyclic) bond motifs is 1. The van der Waals surface area contributed by atoms with Crippen LogP contribution in [0.25, 0.3) is 0 Å². The number of benzene rings is 1. The summed E-state index contributed by atoms with van der Waals surface area (Å²) in [6.07, 6.45) is 4.90. The van der Waals surface area contributed by atoms with E-state index < -0.39 is 0 Å². The van der Waals surface area contributed by atoms with Crippen LogP contribution in [-0.2, 0) is 11.3 Å². The van der Waals surface area contributed by atoms with Crippen LogP contribution in [0, 0.1) is 5.82 Å². The fourth-order valence-corrected chi connectivity index (χ4v) is 3.61. The molecule has 116 valence electrons. The number of anilines is 1. The highest BCUT2D eigenvalue weighted by atomic mass is 19.1. The van der Waals surface area contributed by atoms with Crippen molar-refractivity contribution in [2.75, 3.05) is 24.6 Å². The number of hydrogen-bond donors (Lipinski definition) is 1. The van der Waals surface area contributed by atoms with Gasteiger partial charge >= 0.3 is 0 Å². The minimum atomic E-state index is -0.0999. The molecule has 2 unspecified atom stereocenters. The molecule has 2 aliphatic rings. The SMILES string of the molecule is CCCNCc1c(F)cccc1N1CCOC2CCCC21. The molecule has 4 heteroatoms. The van der Waals surface area contributed by atoms with E-state index in [1.54, 1.807) is 6.07 Å². The summed E-state index contributed by atoms with van der Waals surface area (Å²) >= 11 is 0. The van der Waals surface area contributed by atoms with Gasteiger partial charge in [-0.15, -0.1) is 0 Å². The number of nitrogens with zero attached hydrogens (tertiary/aromatic N) is 1. The molecule has 0 spiro atoms. The van der Waals surface area contributed by atoms with Gasteiger partial charge in [-0.25, -0.2) is 4.39 Å². The Hall–Kier alpha value is -1.13. The predicted molar refractivity (Wildman–Crippen MR) is 83.1 cm³/mol. The molecule has 1 aromatic carbocycles. The first-order valence-corrected chi connectivity index (χ1v) is 8.17. The zero-order chi connectivity index (χ0) is 14.7. The molecule has 21 heavy (non-hydrogen) atoms. The Kier molecular flexibility index (Phi) is 4.76. The number of nitrogens with one attached hydrogen (secondary N) is 1. The molecule has 1 aromatic rings. The summed E-state index contributed by atoms with van der Waals surface area (Å²) in [5, 5.41) is 3.33. The van der Waals surface area contributed by atoms with Crippen LogP contribution in [0.2, 0.25) is 0 Å². The lowest BCUT2D eigenvalue weighted by Crippen LogP contribution is -2.49. The van der Waals surface area contributed by atoms with Gasteiger partial charge in [-0.05, 0) is 44.4 Å². The standard InChI is InChI=1S/C17H25FN2O/c1-2-9-19-12-13-14(18)5-3-6-15(13)20-10-11-21-17-8-4-7-16(17)20/h3,5-6,16-17,19H,2,4,7-12H2,1H3. The second-order valence-corrected chi connectivity index (χ2v) is 6.02. The Morgan fingerprint density at radius 2 is 2.29 bits per heavy atom. The summed E-state index contributed by atoms with van der Waals surface area (Å²) in [7, 11) is 0. The molecule has 1 saturated heterocycles. The number of ether oxygens (including phenoxy) is 1. The van der Waals surface area contributed by atoms with Gasteiger partial charge in [0, 0.05) is 24.3 Å². The average Bonchev–Trinajstić information content (AvgIpc) is 2.97. The number of halogens is 1. The van der Waals surface area contributed by atoms with Crippen molar-refractivity contribution in [2.45, 2.75) is 51.3 Å². The van der Waals surface area contributed by atoms with Gasteiger partial charge in [-0.2, -0.15) is 0 Å². The van der Waals surface area contributed by atoms with E-state index >= 15 is 0 Å². The molecule has 0 radical (unpaired) electrons. The van der Waals surface area contributed by atoms with Crippen LogP contribution < -0.4 is 10.2 Å². The van der Waals surface area contributed by atoms with E-state index in [4.69, 9.17) is 4.74 Å². The lowest BCUT2D eigenvalue weighted by Gasteiger charge is -2.40. The van der Waals surface area contributed by atoms with Crippen molar-refractivity contribution in [1.82, 2.24) is 5.32 Å². The third-order valence-corrected chi connectivity index (χ3v) is 4.61. The molecule has 0 bridgehead atoms. The third-order valence-electron chi connectivity index (χ3n) is 4.61. The van der Waals surface area contributed by atoms with Crippen molar-refractivity contribution in [3.63, 3.8) is 0 Å². The summed E-state index contributed by atoms with van der Waals surface area (Å²) in [6, 6.07) is 5.88. The summed E-state index contributed by atoms with van der Waals surface area (Å²) in [4.78, 5) is 2.38. The molecule has 1 aliphatic carbocycles. The summed E-state index contributed by atoms with van der Waals surface area (Å²) in [5.74, 6) is -0.0999. The Balaban J connectivity index is 1.84. The van der Waals surface area contributed by atoms with Crippen LogP contribution in [0.3, 0.4) is 0 Å². The normalized spacial score (nSPS) is 25.1. The molecule has 3 rings (SSSR count). The third kappa shape index (κ3) is 3.06. The maximum atomic E-state index is 14.3. The maximum Gasteiger partial charge on any atom is 0.129 e. The molecular weight excluding hydrogens is 267 g/mol. The van der Waals surface area contributed by atoms with Crippen molar-refractivity contribution in [3.05, 3.63) is 29.6 Å². The number of morpholine rings is 1. The average molecular weight is 292 g/mol. The van der Waals surface area contributed by atoms with Crippen LogP contribution in [0.5, 0.6) is 0 Å². The second kappa shape index (κ2) is 6.75. The molecule has 1 saturated carbocycles. The molecule has 0 aromatic heterocycles. The van der Waals surface area contributed by atoms with Crippen molar-refractivity contribution in [2.24, 2.45) is 0 Å². The Labute approximate surface area is 126 Å². The van der Waals surface area contributed by atoms with Crippen LogP contribution in [-0.4, -0.2) is 31.8 Å². The fraction of sp³-hybridized carbons (Fsp3) is 0.647. The second-order valence-electron chi connectivity index (χ2n) is 6.02. The number of rotatable bonds is 5. The first kappa shape index (κ1) is 14.8. The summed E-state index contributed by atoms with van der Waals surface area (Å²) in [6.45, 7) is 5.26. The van der Waals surface area contributed by atoms with Crippen molar-refractivity contribution >= 4 is 5.69 Å². The highest BCUT2D eigenvalue weighted by molar-refractivity contribution is 5.56. The zero-order valence-corrected chi connectivity index (χ0v) is 12.8. The van der Waals surface area contributed by atoms with Crippen LogP contribution in [0.1, 0.15) is 38.2 Å². The highest BCUT2D eigenvalue weighted by Crippen LogP contribution is 2.35. The Morgan fingerprint density at radius 3 is 3.14 bits per heavy atom. The summed E-state index contributed by atoms with van der Waals surface area (Å²) in [5.41, 5.74) is 1.86.